The van der Waals surface area contributed by atoms with Gasteiger partial charge in [-0.2, -0.15) is 9.97 Å². The van der Waals surface area contributed by atoms with Gasteiger partial charge in [-0.05, 0) is 6.42 Å². The first-order valence-electron chi connectivity index (χ1n) is 5.01. The Bertz CT molecular complexity index is 531. The Labute approximate surface area is 98.0 Å². The highest BCUT2D eigenvalue weighted by molar-refractivity contribution is 6.33. The van der Waals surface area contributed by atoms with E-state index in [1.165, 1.54) is 0 Å². The topological polar surface area (TPSA) is 69.6 Å². The number of allylic oxidation sites excluding steroid dienone is 2. The van der Waals surface area contributed by atoms with E-state index in [1.54, 1.807) is 6.33 Å². The first-order chi connectivity index (χ1) is 7.72. The molecule has 0 saturated carbocycles. The van der Waals surface area contributed by atoms with Gasteiger partial charge < -0.3 is 10.3 Å². The molecule has 2 aromatic heterocycles. The highest BCUT2D eigenvalue weighted by Gasteiger charge is 2.09. The van der Waals surface area contributed by atoms with Crippen LogP contribution in [-0.4, -0.2) is 19.5 Å². The maximum atomic E-state index is 5.91. The summed E-state index contributed by atoms with van der Waals surface area (Å²) in [4.78, 5) is 12.1. The second kappa shape index (κ2) is 4.49. The van der Waals surface area contributed by atoms with Crippen LogP contribution in [0.2, 0.25) is 5.15 Å². The Morgan fingerprint density at radius 1 is 1.44 bits per heavy atom. The molecular formula is C10H12ClN5. The molecule has 2 rings (SSSR count). The van der Waals surface area contributed by atoms with Gasteiger partial charge in [-0.3, -0.25) is 0 Å². The maximum Gasteiger partial charge on any atom is 0.223 e. The van der Waals surface area contributed by atoms with E-state index in [4.69, 9.17) is 17.3 Å². The predicted octanol–water partition coefficient (Wildman–Crippen LogP) is 2.03. The van der Waals surface area contributed by atoms with Gasteiger partial charge in [0.1, 0.15) is 5.52 Å². The molecular weight excluding hydrogens is 226 g/mol. The van der Waals surface area contributed by atoms with E-state index in [-0.39, 0.29) is 5.95 Å². The van der Waals surface area contributed by atoms with E-state index in [9.17, 15) is 0 Å². The van der Waals surface area contributed by atoms with Crippen molar-refractivity contribution in [2.75, 3.05) is 5.73 Å². The van der Waals surface area contributed by atoms with E-state index < -0.39 is 0 Å². The van der Waals surface area contributed by atoms with Crippen LogP contribution in [0.4, 0.5) is 5.95 Å². The normalized spacial score (nSPS) is 11.6. The zero-order valence-electron chi connectivity index (χ0n) is 8.89. The smallest absolute Gasteiger partial charge is 0.223 e. The molecule has 0 aromatic carbocycles. The molecule has 6 heteroatoms. The zero-order valence-corrected chi connectivity index (χ0v) is 9.65. The lowest BCUT2D eigenvalue weighted by Gasteiger charge is -1.99. The maximum absolute atomic E-state index is 5.91. The molecule has 0 atom stereocenters. The van der Waals surface area contributed by atoms with Crippen molar-refractivity contribution in [3.63, 3.8) is 0 Å². The summed E-state index contributed by atoms with van der Waals surface area (Å²) in [6, 6.07) is 0. The summed E-state index contributed by atoms with van der Waals surface area (Å²) in [5.74, 6) is 0.165. The second-order valence-electron chi connectivity index (χ2n) is 3.32. The van der Waals surface area contributed by atoms with Gasteiger partial charge in [0.25, 0.3) is 0 Å². The molecule has 0 amide bonds. The monoisotopic (exact) mass is 237 g/mol. The summed E-state index contributed by atoms with van der Waals surface area (Å²) < 4.78 is 1.88. The Morgan fingerprint density at radius 2 is 2.25 bits per heavy atom. The number of imidazole rings is 1. The highest BCUT2D eigenvalue weighted by Crippen LogP contribution is 2.19. The number of aromatic nitrogens is 4. The molecule has 2 N–H and O–H groups in total. The van der Waals surface area contributed by atoms with E-state index in [1.807, 2.05) is 10.6 Å². The van der Waals surface area contributed by atoms with Gasteiger partial charge in [-0.1, -0.05) is 30.7 Å². The van der Waals surface area contributed by atoms with Crippen molar-refractivity contribution < 1.29 is 0 Å². The molecule has 0 spiro atoms. The minimum atomic E-state index is 0.165. The number of nitrogens with two attached hydrogens (primary N) is 1. The van der Waals surface area contributed by atoms with E-state index in [2.05, 4.69) is 28.0 Å². The minimum absolute atomic E-state index is 0.165. The number of hydrogen-bond acceptors (Lipinski definition) is 4. The van der Waals surface area contributed by atoms with Crippen molar-refractivity contribution in [2.24, 2.45) is 0 Å². The van der Waals surface area contributed by atoms with E-state index in [0.29, 0.717) is 22.9 Å². The molecule has 16 heavy (non-hydrogen) atoms. The Kier molecular flexibility index (Phi) is 3.05. The van der Waals surface area contributed by atoms with E-state index in [0.717, 1.165) is 6.42 Å². The first-order valence-corrected chi connectivity index (χ1v) is 5.39. The van der Waals surface area contributed by atoms with Crippen LogP contribution in [0, 0.1) is 0 Å². The first kappa shape index (κ1) is 10.9. The molecule has 0 saturated heterocycles. The summed E-state index contributed by atoms with van der Waals surface area (Å²) in [6.45, 7) is 2.79. The quantitative estimate of drug-likeness (QED) is 0.655. The second-order valence-corrected chi connectivity index (χ2v) is 3.68. The van der Waals surface area contributed by atoms with Crippen LogP contribution in [0.15, 0.2) is 18.5 Å². The van der Waals surface area contributed by atoms with Crippen molar-refractivity contribution in [1.29, 1.82) is 0 Å². The van der Waals surface area contributed by atoms with Crippen LogP contribution in [0.1, 0.15) is 13.3 Å². The fourth-order valence-electron chi connectivity index (χ4n) is 1.41. The van der Waals surface area contributed by atoms with Crippen LogP contribution < -0.4 is 5.73 Å². The largest absolute Gasteiger partial charge is 0.368 e. The number of hydrogen-bond donors (Lipinski definition) is 1. The molecule has 5 nitrogen and oxygen atoms in total. The third-order valence-electron chi connectivity index (χ3n) is 2.14. The summed E-state index contributed by atoms with van der Waals surface area (Å²) in [5.41, 5.74) is 6.79. The van der Waals surface area contributed by atoms with Gasteiger partial charge >= 0.3 is 0 Å². The average molecular weight is 238 g/mol. The number of nitrogen functional groups attached to an aromatic ring is 1. The van der Waals surface area contributed by atoms with Gasteiger partial charge in [-0.15, -0.1) is 0 Å². The van der Waals surface area contributed by atoms with Crippen LogP contribution in [0.3, 0.4) is 0 Å². The van der Waals surface area contributed by atoms with Crippen LogP contribution in [-0.2, 0) is 6.54 Å². The Morgan fingerprint density at radius 3 is 3.00 bits per heavy atom. The fraction of sp³-hybridized carbons (Fsp3) is 0.300. The summed E-state index contributed by atoms with van der Waals surface area (Å²) in [6.07, 6.45) is 6.82. The number of anilines is 1. The lowest BCUT2D eigenvalue weighted by atomic mass is 10.4. The lowest BCUT2D eigenvalue weighted by molar-refractivity contribution is 0.834. The number of halogens is 1. The van der Waals surface area contributed by atoms with Gasteiger partial charge in [0, 0.05) is 6.54 Å². The number of fused-ring (bicyclic) bond motifs is 1. The average Bonchev–Trinajstić information content (AvgIpc) is 2.62. The molecule has 0 aliphatic rings. The van der Waals surface area contributed by atoms with Crippen molar-refractivity contribution in [1.82, 2.24) is 19.5 Å². The number of rotatable bonds is 3. The van der Waals surface area contributed by atoms with Gasteiger partial charge in [0.15, 0.2) is 10.8 Å². The molecule has 0 aliphatic carbocycles. The molecule has 0 fully saturated rings. The zero-order chi connectivity index (χ0) is 11.5. The van der Waals surface area contributed by atoms with Crippen molar-refractivity contribution in [3.8, 4) is 0 Å². The third-order valence-corrected chi connectivity index (χ3v) is 2.41. The SMILES string of the molecule is CC/C=C/Cn1cnc2c(Cl)nc(N)nc21. The van der Waals surface area contributed by atoms with Gasteiger partial charge in [0.2, 0.25) is 5.95 Å². The lowest BCUT2D eigenvalue weighted by Crippen LogP contribution is -2.00. The molecule has 2 aromatic rings. The molecule has 0 aliphatic heterocycles. The Hall–Kier alpha value is -1.62. The van der Waals surface area contributed by atoms with Crippen molar-refractivity contribution in [3.05, 3.63) is 23.6 Å². The van der Waals surface area contributed by atoms with Gasteiger partial charge in [-0.25, -0.2) is 4.98 Å². The predicted molar refractivity (Wildman–Crippen MR) is 64.2 cm³/mol. The molecule has 0 unspecified atom stereocenters. The van der Waals surface area contributed by atoms with Gasteiger partial charge in [0.05, 0.1) is 6.33 Å². The van der Waals surface area contributed by atoms with Crippen molar-refractivity contribution >= 4 is 28.7 Å². The summed E-state index contributed by atoms with van der Waals surface area (Å²) in [5, 5.41) is 0.292. The summed E-state index contributed by atoms with van der Waals surface area (Å²) >= 11 is 5.91. The molecule has 84 valence electrons. The summed E-state index contributed by atoms with van der Waals surface area (Å²) in [7, 11) is 0. The van der Waals surface area contributed by atoms with Crippen LogP contribution in [0.25, 0.3) is 11.2 Å². The van der Waals surface area contributed by atoms with Crippen LogP contribution in [0.5, 0.6) is 0 Å². The Balaban J connectivity index is 2.43. The standard InChI is InChI=1S/C10H12ClN5/c1-2-3-4-5-16-6-13-7-8(11)14-10(12)15-9(7)16/h3-4,6H,2,5H2,1H3,(H2,12,14,15)/b4-3+. The highest BCUT2D eigenvalue weighted by atomic mass is 35.5. The number of nitrogens with zero attached hydrogens (tertiary/aromatic N) is 4. The molecule has 0 bridgehead atoms. The van der Waals surface area contributed by atoms with Crippen molar-refractivity contribution in [2.45, 2.75) is 19.9 Å². The third kappa shape index (κ3) is 1.99. The molecule has 0 radical (unpaired) electrons. The minimum Gasteiger partial charge on any atom is -0.368 e. The fourth-order valence-corrected chi connectivity index (χ4v) is 1.63. The van der Waals surface area contributed by atoms with Crippen LogP contribution >= 0.6 is 11.6 Å². The molecule has 2 heterocycles. The van der Waals surface area contributed by atoms with E-state index >= 15 is 0 Å².